The molecule has 2 aromatic rings. The van der Waals surface area contributed by atoms with Gasteiger partial charge in [-0.3, -0.25) is 14.6 Å². The molecule has 1 unspecified atom stereocenters. The van der Waals surface area contributed by atoms with Gasteiger partial charge in [0.25, 0.3) is 0 Å². The lowest BCUT2D eigenvalue weighted by Gasteiger charge is -2.38. The fourth-order valence-electron chi connectivity index (χ4n) is 5.48. The van der Waals surface area contributed by atoms with Crippen LogP contribution in [0.25, 0.3) is 0 Å². The number of Topliss-reactive ketones (excluding diaryl/α,β-unsaturated/α-hetero) is 1. The molecule has 9 heteroatoms. The third kappa shape index (κ3) is 5.53. The van der Waals surface area contributed by atoms with Gasteiger partial charge in [0.2, 0.25) is 0 Å². The van der Waals surface area contributed by atoms with Crippen LogP contribution in [0.2, 0.25) is 0 Å². The summed E-state index contributed by atoms with van der Waals surface area (Å²) >= 11 is 0. The highest BCUT2D eigenvalue weighted by molar-refractivity contribution is 6.12. The van der Waals surface area contributed by atoms with Crippen molar-refractivity contribution in [2.24, 2.45) is 10.9 Å². The van der Waals surface area contributed by atoms with Gasteiger partial charge in [-0.05, 0) is 61.6 Å². The lowest BCUT2D eigenvalue weighted by Crippen LogP contribution is -2.41. The molecule has 0 aromatic heterocycles. The third-order valence-electron chi connectivity index (χ3n) is 7.12. The Balaban J connectivity index is 1.78. The van der Waals surface area contributed by atoms with E-state index in [9.17, 15) is 14.4 Å². The second-order valence-electron chi connectivity index (χ2n) is 9.47. The molecule has 0 bridgehead atoms. The lowest BCUT2D eigenvalue weighted by atomic mass is 9.66. The first-order valence-electron chi connectivity index (χ1n) is 12.8. The number of methoxy groups -OCH3 is 3. The van der Waals surface area contributed by atoms with Gasteiger partial charge in [0.15, 0.2) is 23.0 Å². The molecule has 1 heterocycles. The molecule has 0 radical (unpaired) electrons. The van der Waals surface area contributed by atoms with Crippen LogP contribution < -0.4 is 18.9 Å². The molecule has 206 valence electrons. The highest BCUT2D eigenvalue weighted by Crippen LogP contribution is 2.48. The zero-order valence-electron chi connectivity index (χ0n) is 23.0. The van der Waals surface area contributed by atoms with Crippen molar-refractivity contribution in [2.75, 3.05) is 27.9 Å². The summed E-state index contributed by atoms with van der Waals surface area (Å²) in [5.74, 6) is -0.616. The minimum atomic E-state index is -0.645. The van der Waals surface area contributed by atoms with Crippen LogP contribution in [0.1, 0.15) is 56.6 Å². The first-order valence-corrected chi connectivity index (χ1v) is 12.8. The van der Waals surface area contributed by atoms with E-state index in [4.69, 9.17) is 28.7 Å². The number of hydrogen-bond acceptors (Lipinski definition) is 9. The van der Waals surface area contributed by atoms with Gasteiger partial charge in [-0.25, -0.2) is 4.79 Å². The van der Waals surface area contributed by atoms with Crippen LogP contribution in [0.15, 0.2) is 52.7 Å². The Bertz CT molecular complexity index is 1360. The van der Waals surface area contributed by atoms with Crippen molar-refractivity contribution in [1.29, 1.82) is 0 Å². The average Bonchev–Trinajstić information content (AvgIpc) is 2.92. The van der Waals surface area contributed by atoms with Crippen molar-refractivity contribution in [3.8, 4) is 23.0 Å². The van der Waals surface area contributed by atoms with Crippen LogP contribution >= 0.6 is 0 Å². The highest BCUT2D eigenvalue weighted by atomic mass is 16.6. The molecular weight excluding hydrogens is 502 g/mol. The Hall–Kier alpha value is -4.14. The molecule has 4 rings (SSSR count). The molecule has 9 nitrogen and oxygen atoms in total. The zero-order valence-corrected chi connectivity index (χ0v) is 23.0. The molecule has 0 saturated heterocycles. The number of hydrogen-bond donors (Lipinski definition) is 0. The Labute approximate surface area is 227 Å². The van der Waals surface area contributed by atoms with Gasteiger partial charge in [-0.2, -0.15) is 0 Å². The largest absolute Gasteiger partial charge is 0.493 e. The van der Waals surface area contributed by atoms with E-state index < -0.39 is 23.8 Å². The normalized spacial score (nSPS) is 20.5. The van der Waals surface area contributed by atoms with Crippen LogP contribution in [0.4, 0.5) is 0 Å². The predicted molar refractivity (Wildman–Crippen MR) is 144 cm³/mol. The molecule has 2 aliphatic rings. The first kappa shape index (κ1) is 27.9. The van der Waals surface area contributed by atoms with Crippen molar-refractivity contribution in [3.05, 3.63) is 58.8 Å². The van der Waals surface area contributed by atoms with Crippen LogP contribution in [-0.2, 0) is 19.1 Å². The number of carbonyl (C=O) groups excluding carboxylic acids is 3. The number of ether oxygens (including phenoxy) is 5. The summed E-state index contributed by atoms with van der Waals surface area (Å²) in [6, 6.07) is 10.7. The highest BCUT2D eigenvalue weighted by Gasteiger charge is 2.46. The summed E-state index contributed by atoms with van der Waals surface area (Å²) in [7, 11) is 4.46. The molecule has 1 aliphatic carbocycles. The van der Waals surface area contributed by atoms with E-state index in [1.54, 1.807) is 39.3 Å². The number of fused-ring (bicyclic) bond motifs is 1. The van der Waals surface area contributed by atoms with Gasteiger partial charge in [-0.1, -0.05) is 12.1 Å². The first-order chi connectivity index (χ1) is 18.7. The Morgan fingerprint density at radius 1 is 0.897 bits per heavy atom. The molecular formula is C30H33NO8. The number of rotatable bonds is 8. The monoisotopic (exact) mass is 535 g/mol. The smallest absolute Gasteiger partial charge is 0.336 e. The maximum atomic E-state index is 13.8. The second kappa shape index (κ2) is 11.7. The number of benzene rings is 2. The van der Waals surface area contributed by atoms with Gasteiger partial charge in [-0.15, -0.1) is 0 Å². The number of nitrogens with zero attached hydrogens (tertiary/aromatic N) is 1. The average molecular weight is 536 g/mol. The predicted octanol–water partition coefficient (Wildman–Crippen LogP) is 4.78. The van der Waals surface area contributed by atoms with E-state index in [0.717, 1.165) is 5.56 Å². The fraction of sp³-hybridized carbons (Fsp3) is 0.400. The maximum Gasteiger partial charge on any atom is 0.336 e. The maximum absolute atomic E-state index is 13.8. The van der Waals surface area contributed by atoms with Crippen LogP contribution in [0.5, 0.6) is 23.0 Å². The zero-order chi connectivity index (χ0) is 28.3. The summed E-state index contributed by atoms with van der Waals surface area (Å²) in [4.78, 5) is 43.2. The Morgan fingerprint density at radius 3 is 2.21 bits per heavy atom. The summed E-state index contributed by atoms with van der Waals surface area (Å²) in [6.45, 7) is 5.22. The van der Waals surface area contributed by atoms with E-state index in [0.29, 0.717) is 52.8 Å². The van der Waals surface area contributed by atoms with Crippen molar-refractivity contribution in [2.45, 2.75) is 45.4 Å². The SMILES string of the molecule is CCOc1cc([C@@H]2C(C(=O)OC)=C(C)N=C3C[C@H](c4ccc(OC)c(OC)c4)CC(=O)C32)ccc1OC(C)=O. The van der Waals surface area contributed by atoms with E-state index >= 15 is 0 Å². The van der Waals surface area contributed by atoms with Crippen LogP contribution in [0.3, 0.4) is 0 Å². The lowest BCUT2D eigenvalue weighted by molar-refractivity contribution is -0.136. The quantitative estimate of drug-likeness (QED) is 0.351. The molecule has 39 heavy (non-hydrogen) atoms. The summed E-state index contributed by atoms with van der Waals surface area (Å²) in [5, 5.41) is 0. The van der Waals surface area contributed by atoms with Crippen molar-refractivity contribution in [3.63, 3.8) is 0 Å². The number of aliphatic imine (C=N–C) groups is 1. The molecule has 0 N–H and O–H groups in total. The topological polar surface area (TPSA) is 110 Å². The van der Waals surface area contributed by atoms with E-state index in [2.05, 4.69) is 0 Å². The number of carbonyl (C=O) groups is 3. The number of allylic oxidation sites excluding steroid dienone is 1. The van der Waals surface area contributed by atoms with Gasteiger partial charge < -0.3 is 23.7 Å². The Kier molecular flexibility index (Phi) is 8.38. The van der Waals surface area contributed by atoms with Crippen LogP contribution in [-0.4, -0.2) is 51.4 Å². The van der Waals surface area contributed by atoms with Gasteiger partial charge in [0, 0.05) is 30.7 Å². The van der Waals surface area contributed by atoms with Gasteiger partial charge >= 0.3 is 11.9 Å². The minimum absolute atomic E-state index is 0.0271. The molecule has 1 fully saturated rings. The van der Waals surface area contributed by atoms with E-state index in [-0.39, 0.29) is 23.9 Å². The van der Waals surface area contributed by atoms with Crippen LogP contribution in [0, 0.1) is 5.92 Å². The third-order valence-corrected chi connectivity index (χ3v) is 7.12. The Morgan fingerprint density at radius 2 is 1.56 bits per heavy atom. The number of ketones is 1. The molecule has 1 aliphatic heterocycles. The summed E-state index contributed by atoms with van der Waals surface area (Å²) in [5.41, 5.74) is 3.16. The van der Waals surface area contributed by atoms with Gasteiger partial charge in [0.05, 0.1) is 39.4 Å². The molecule has 0 spiro atoms. The fourth-order valence-corrected chi connectivity index (χ4v) is 5.48. The van der Waals surface area contributed by atoms with E-state index in [1.165, 1.54) is 14.0 Å². The molecule has 0 amide bonds. The van der Waals surface area contributed by atoms with Crippen molar-refractivity contribution in [1.82, 2.24) is 0 Å². The molecule has 2 aromatic carbocycles. The standard InChI is InChI=1S/C30H33NO8/c1-7-38-26-15-19(9-11-24(26)39-17(3)32)28-27(30(34)37-6)16(2)31-21-12-20(13-22(33)29(21)28)18-8-10-23(35-4)25(14-18)36-5/h8-11,14-15,20,28-29H,7,12-13H2,1-6H3/t20-,28+,29?/m0/s1. The van der Waals surface area contributed by atoms with E-state index in [1.807, 2.05) is 25.1 Å². The molecule has 1 saturated carbocycles. The second-order valence-corrected chi connectivity index (χ2v) is 9.47. The van der Waals surface area contributed by atoms with Gasteiger partial charge in [0.1, 0.15) is 5.78 Å². The summed E-state index contributed by atoms with van der Waals surface area (Å²) < 4.78 is 27.0. The minimum Gasteiger partial charge on any atom is -0.493 e. The van der Waals surface area contributed by atoms with Crippen molar-refractivity contribution >= 4 is 23.4 Å². The van der Waals surface area contributed by atoms with Crippen molar-refractivity contribution < 1.29 is 38.1 Å². The number of esters is 2. The summed E-state index contributed by atoms with van der Waals surface area (Å²) in [6.07, 6.45) is 0.811. The molecule has 3 atom stereocenters.